The first-order valence-corrected chi connectivity index (χ1v) is 6.06. The number of H-pyrrole nitrogens is 1. The van der Waals surface area contributed by atoms with Crippen LogP contribution in [0, 0.1) is 0 Å². The van der Waals surface area contributed by atoms with E-state index in [4.69, 9.17) is 4.74 Å². The number of nitrogens with one attached hydrogen (secondary N) is 1. The number of rotatable bonds is 2. The summed E-state index contributed by atoms with van der Waals surface area (Å²) in [5, 5.41) is 30.3. The van der Waals surface area contributed by atoms with Gasteiger partial charge in [0.1, 0.15) is 11.7 Å². The normalized spacial score (nSPS) is 42.9. The third-order valence-electron chi connectivity index (χ3n) is 3.97. The van der Waals surface area contributed by atoms with Gasteiger partial charge in [0.2, 0.25) is 0 Å². The number of nitrogens with zero attached hydrogens (tertiary/aromatic N) is 1. The maximum atomic E-state index is 11.8. The molecule has 4 N–H and O–H groups in total. The predicted molar refractivity (Wildman–Crippen MR) is 66.0 cm³/mol. The SMILES string of the molecule is C=C[C@@]1(O)[C@H](O)C2(C[C@H]2O)O[C@H]1n1ccc(=O)[nH]c1=O. The summed E-state index contributed by atoms with van der Waals surface area (Å²) < 4.78 is 6.47. The van der Waals surface area contributed by atoms with Crippen LogP contribution in [0.2, 0.25) is 0 Å². The van der Waals surface area contributed by atoms with Crippen molar-refractivity contribution in [3.8, 4) is 0 Å². The monoisotopic (exact) mass is 282 g/mol. The first-order chi connectivity index (χ1) is 9.35. The summed E-state index contributed by atoms with van der Waals surface area (Å²) in [6, 6.07) is 1.09. The van der Waals surface area contributed by atoms with Crippen LogP contribution in [0.1, 0.15) is 12.6 Å². The van der Waals surface area contributed by atoms with E-state index in [1.165, 1.54) is 0 Å². The molecule has 2 fully saturated rings. The van der Waals surface area contributed by atoms with Gasteiger partial charge in [-0.2, -0.15) is 0 Å². The molecule has 20 heavy (non-hydrogen) atoms. The summed E-state index contributed by atoms with van der Waals surface area (Å²) in [5.41, 5.74) is -4.63. The number of aromatic nitrogens is 2. The molecule has 108 valence electrons. The Labute approximate surface area is 112 Å². The zero-order chi connectivity index (χ0) is 14.7. The first kappa shape index (κ1) is 13.3. The highest BCUT2D eigenvalue weighted by atomic mass is 16.6. The van der Waals surface area contributed by atoms with Crippen LogP contribution in [0.4, 0.5) is 0 Å². The second-order valence-electron chi connectivity index (χ2n) is 5.16. The minimum absolute atomic E-state index is 0.152. The zero-order valence-electron chi connectivity index (χ0n) is 10.4. The summed E-state index contributed by atoms with van der Waals surface area (Å²) in [7, 11) is 0. The van der Waals surface area contributed by atoms with Crippen LogP contribution in [0.5, 0.6) is 0 Å². The third kappa shape index (κ3) is 1.50. The van der Waals surface area contributed by atoms with E-state index in [2.05, 4.69) is 6.58 Å². The molecule has 0 bridgehead atoms. The first-order valence-electron chi connectivity index (χ1n) is 6.06. The fourth-order valence-corrected chi connectivity index (χ4v) is 2.66. The number of hydrogen-bond donors (Lipinski definition) is 4. The Morgan fingerprint density at radius 3 is 2.65 bits per heavy atom. The van der Waals surface area contributed by atoms with Crippen molar-refractivity contribution in [1.29, 1.82) is 0 Å². The standard InChI is InChI=1S/C12H14N2O6/c1-2-11(19)8(17)12(5-6(12)15)20-9(11)14-4-3-7(16)13-10(14)18/h2-4,6,8-9,15,17,19H,1,5H2,(H,13,16,18)/t6-,8+,9-,11-,12?/m1/s1. The lowest BCUT2D eigenvalue weighted by molar-refractivity contribution is -0.0853. The van der Waals surface area contributed by atoms with Gasteiger partial charge >= 0.3 is 5.69 Å². The molecule has 8 nitrogen and oxygen atoms in total. The lowest BCUT2D eigenvalue weighted by Gasteiger charge is -2.28. The third-order valence-corrected chi connectivity index (χ3v) is 3.97. The smallest absolute Gasteiger partial charge is 0.330 e. The van der Waals surface area contributed by atoms with Crippen molar-refractivity contribution in [3.63, 3.8) is 0 Å². The van der Waals surface area contributed by atoms with Crippen LogP contribution in [0.3, 0.4) is 0 Å². The molecule has 1 saturated carbocycles. The van der Waals surface area contributed by atoms with Crippen molar-refractivity contribution in [2.24, 2.45) is 0 Å². The average molecular weight is 282 g/mol. The van der Waals surface area contributed by atoms with Gasteiger partial charge in [0.05, 0.1) is 6.10 Å². The second kappa shape index (κ2) is 3.89. The molecule has 1 saturated heterocycles. The maximum Gasteiger partial charge on any atom is 0.330 e. The number of aliphatic hydroxyl groups excluding tert-OH is 2. The molecule has 3 rings (SSSR count). The number of aromatic amines is 1. The number of ether oxygens (including phenoxy) is 1. The van der Waals surface area contributed by atoms with E-state index in [-0.39, 0.29) is 6.42 Å². The van der Waals surface area contributed by atoms with Crippen molar-refractivity contribution >= 4 is 0 Å². The molecule has 2 aliphatic rings. The molecule has 1 aliphatic carbocycles. The van der Waals surface area contributed by atoms with E-state index in [0.29, 0.717) is 0 Å². The van der Waals surface area contributed by atoms with Crippen LogP contribution >= 0.6 is 0 Å². The molecule has 8 heteroatoms. The molecule has 0 amide bonds. The van der Waals surface area contributed by atoms with Gasteiger partial charge in [-0.1, -0.05) is 12.7 Å². The fourth-order valence-electron chi connectivity index (χ4n) is 2.66. The Morgan fingerprint density at radius 1 is 1.50 bits per heavy atom. The van der Waals surface area contributed by atoms with Crippen LogP contribution in [-0.4, -0.2) is 48.3 Å². The molecule has 1 unspecified atom stereocenters. The molecule has 1 aromatic heterocycles. The molecule has 5 atom stereocenters. The van der Waals surface area contributed by atoms with E-state index < -0.39 is 40.9 Å². The minimum atomic E-state index is -1.94. The lowest BCUT2D eigenvalue weighted by Crippen LogP contribution is -2.48. The molecule has 0 aromatic carbocycles. The number of hydrogen-bond acceptors (Lipinski definition) is 6. The van der Waals surface area contributed by atoms with Crippen molar-refractivity contribution in [2.45, 2.75) is 36.1 Å². The van der Waals surface area contributed by atoms with Gasteiger partial charge in [0.25, 0.3) is 5.56 Å². The molecule has 1 spiro atoms. The number of aliphatic hydroxyl groups is 3. The summed E-state index contributed by atoms with van der Waals surface area (Å²) in [5.74, 6) is 0. The van der Waals surface area contributed by atoms with Gasteiger partial charge in [-0.05, 0) is 0 Å². The second-order valence-corrected chi connectivity index (χ2v) is 5.16. The molecular weight excluding hydrogens is 268 g/mol. The van der Waals surface area contributed by atoms with Crippen molar-refractivity contribution in [1.82, 2.24) is 9.55 Å². The quantitative estimate of drug-likeness (QED) is 0.458. The highest BCUT2D eigenvalue weighted by Gasteiger charge is 2.73. The molecular formula is C12H14N2O6. The molecule has 1 aliphatic heterocycles. The fraction of sp³-hybridized carbons (Fsp3) is 0.500. The Bertz CT molecular complexity index is 681. The van der Waals surface area contributed by atoms with E-state index in [9.17, 15) is 24.9 Å². The summed E-state index contributed by atoms with van der Waals surface area (Å²) in [6.45, 7) is 3.45. The summed E-state index contributed by atoms with van der Waals surface area (Å²) in [4.78, 5) is 24.9. The lowest BCUT2D eigenvalue weighted by atomic mass is 9.93. The van der Waals surface area contributed by atoms with Crippen LogP contribution in [0.25, 0.3) is 0 Å². The van der Waals surface area contributed by atoms with E-state index in [1.54, 1.807) is 0 Å². The topological polar surface area (TPSA) is 125 Å². The largest absolute Gasteiger partial charge is 0.390 e. The minimum Gasteiger partial charge on any atom is -0.390 e. The summed E-state index contributed by atoms with van der Waals surface area (Å²) in [6.07, 6.45) is -1.25. The van der Waals surface area contributed by atoms with Crippen molar-refractivity contribution in [3.05, 3.63) is 45.8 Å². The van der Waals surface area contributed by atoms with Crippen LogP contribution in [-0.2, 0) is 4.74 Å². The molecule has 0 radical (unpaired) electrons. The Morgan fingerprint density at radius 2 is 2.15 bits per heavy atom. The van der Waals surface area contributed by atoms with Gasteiger partial charge < -0.3 is 20.1 Å². The van der Waals surface area contributed by atoms with E-state index in [1.807, 2.05) is 4.98 Å². The maximum absolute atomic E-state index is 11.8. The predicted octanol–water partition coefficient (Wildman–Crippen LogP) is -2.15. The summed E-state index contributed by atoms with van der Waals surface area (Å²) >= 11 is 0. The Kier molecular flexibility index (Phi) is 2.58. The Hall–Kier alpha value is -1.74. The van der Waals surface area contributed by atoms with E-state index in [0.717, 1.165) is 22.9 Å². The van der Waals surface area contributed by atoms with Crippen molar-refractivity contribution < 1.29 is 20.1 Å². The van der Waals surface area contributed by atoms with Gasteiger partial charge in [-0.3, -0.25) is 14.3 Å². The van der Waals surface area contributed by atoms with Gasteiger partial charge in [0.15, 0.2) is 11.8 Å². The zero-order valence-corrected chi connectivity index (χ0v) is 10.4. The molecule has 1 aromatic rings. The Balaban J connectivity index is 2.11. The molecule has 2 heterocycles. The van der Waals surface area contributed by atoms with Gasteiger partial charge in [-0.15, -0.1) is 0 Å². The van der Waals surface area contributed by atoms with Gasteiger partial charge in [-0.25, -0.2) is 4.79 Å². The highest BCUT2D eigenvalue weighted by molar-refractivity contribution is 5.26. The highest BCUT2D eigenvalue weighted by Crippen LogP contribution is 2.56. The van der Waals surface area contributed by atoms with Crippen molar-refractivity contribution in [2.75, 3.05) is 0 Å². The van der Waals surface area contributed by atoms with Crippen LogP contribution in [0.15, 0.2) is 34.5 Å². The average Bonchev–Trinajstić information content (AvgIpc) is 3.00. The van der Waals surface area contributed by atoms with Crippen LogP contribution < -0.4 is 11.2 Å². The van der Waals surface area contributed by atoms with E-state index >= 15 is 0 Å². The van der Waals surface area contributed by atoms with Gasteiger partial charge in [0, 0.05) is 18.7 Å².